The molecule has 0 amide bonds. The van der Waals surface area contributed by atoms with Crippen LogP contribution in [0.3, 0.4) is 0 Å². The first-order valence-electron chi connectivity index (χ1n) is 9.98. The first kappa shape index (κ1) is 21.4. The van der Waals surface area contributed by atoms with Crippen molar-refractivity contribution < 1.29 is 13.2 Å². The lowest BCUT2D eigenvalue weighted by Crippen LogP contribution is -2.38. The molecule has 0 bridgehead atoms. The van der Waals surface area contributed by atoms with E-state index in [0.717, 1.165) is 62.8 Å². The normalized spacial score (nSPS) is 16.3. The molecule has 156 valence electrons. The molecule has 0 spiro atoms. The van der Waals surface area contributed by atoms with Crippen LogP contribution >= 0.6 is 0 Å². The second kappa shape index (κ2) is 9.47. The number of piperidine rings is 1. The summed E-state index contributed by atoms with van der Waals surface area (Å²) < 4.78 is 38.5. The van der Waals surface area contributed by atoms with Crippen molar-refractivity contribution in [3.63, 3.8) is 0 Å². The molecular weight excluding hydrogens is 377 g/mol. The molecular formula is C22H27F3N4. The smallest absolute Gasteiger partial charge is 0.353 e. The van der Waals surface area contributed by atoms with Gasteiger partial charge < -0.3 is 14.8 Å². The fourth-order valence-corrected chi connectivity index (χ4v) is 4.00. The number of nitrogens with one attached hydrogen (secondary N) is 1. The summed E-state index contributed by atoms with van der Waals surface area (Å²) in [4.78, 5) is 7.59. The number of hydrogen-bond acceptors (Lipinski definition) is 3. The first-order valence-corrected chi connectivity index (χ1v) is 9.98. The Bertz CT molecular complexity index is 829. The van der Waals surface area contributed by atoms with Crippen molar-refractivity contribution in [2.45, 2.75) is 32.0 Å². The van der Waals surface area contributed by atoms with Gasteiger partial charge in [0.15, 0.2) is 0 Å². The maximum absolute atomic E-state index is 12.8. The average Bonchev–Trinajstić information content (AvgIpc) is 3.14. The third-order valence-corrected chi connectivity index (χ3v) is 5.56. The van der Waals surface area contributed by atoms with Crippen LogP contribution in [-0.2, 0) is 19.1 Å². The molecule has 3 rings (SSSR count). The van der Waals surface area contributed by atoms with Gasteiger partial charge in [-0.2, -0.15) is 18.4 Å². The van der Waals surface area contributed by atoms with E-state index in [1.54, 1.807) is 6.07 Å². The lowest BCUT2D eigenvalue weighted by molar-refractivity contribution is -0.137. The minimum Gasteiger partial charge on any atom is -0.353 e. The lowest BCUT2D eigenvalue weighted by Gasteiger charge is -2.34. The maximum atomic E-state index is 12.8. The van der Waals surface area contributed by atoms with E-state index in [2.05, 4.69) is 27.9 Å². The molecule has 0 radical (unpaired) electrons. The Balaban J connectivity index is 1.40. The van der Waals surface area contributed by atoms with E-state index in [0.29, 0.717) is 18.0 Å². The van der Waals surface area contributed by atoms with Gasteiger partial charge in [0.25, 0.3) is 0 Å². The second-order valence-corrected chi connectivity index (χ2v) is 7.96. The highest BCUT2D eigenvalue weighted by molar-refractivity contribution is 5.27. The van der Waals surface area contributed by atoms with E-state index in [4.69, 9.17) is 5.26 Å². The number of likely N-dealkylation sites (tertiary alicyclic amines) is 1. The molecule has 0 atom stereocenters. The third kappa shape index (κ3) is 6.34. The number of alkyl halides is 3. The molecule has 2 aromatic rings. The van der Waals surface area contributed by atoms with Crippen LogP contribution in [0.25, 0.3) is 0 Å². The number of H-pyrrole nitrogens is 1. The zero-order valence-corrected chi connectivity index (χ0v) is 16.7. The van der Waals surface area contributed by atoms with Crippen molar-refractivity contribution in [1.82, 2.24) is 14.8 Å². The maximum Gasteiger partial charge on any atom is 0.416 e. The highest BCUT2D eigenvalue weighted by Gasteiger charge is 2.30. The SMILES string of the molecule is CN(Cc1c[nH]c(C#N)c1)CC1CCN(CCc2cccc(C(F)(F)F)c2)CC1. The van der Waals surface area contributed by atoms with Crippen LogP contribution in [0.15, 0.2) is 36.5 Å². The highest BCUT2D eigenvalue weighted by Crippen LogP contribution is 2.29. The minimum atomic E-state index is -4.28. The van der Waals surface area contributed by atoms with Gasteiger partial charge in [-0.1, -0.05) is 18.2 Å². The molecule has 2 heterocycles. The van der Waals surface area contributed by atoms with Crippen molar-refractivity contribution in [3.05, 3.63) is 58.9 Å². The number of hydrogen-bond donors (Lipinski definition) is 1. The second-order valence-electron chi connectivity index (χ2n) is 7.96. The summed E-state index contributed by atoms with van der Waals surface area (Å²) in [6.07, 6.45) is 0.443. The van der Waals surface area contributed by atoms with E-state index in [9.17, 15) is 13.2 Å². The first-order chi connectivity index (χ1) is 13.8. The van der Waals surface area contributed by atoms with Crippen LogP contribution < -0.4 is 0 Å². The molecule has 7 heteroatoms. The molecule has 1 saturated heterocycles. The van der Waals surface area contributed by atoms with E-state index in [1.807, 2.05) is 12.3 Å². The number of aromatic nitrogens is 1. The van der Waals surface area contributed by atoms with Gasteiger partial charge in [0.05, 0.1) is 5.56 Å². The number of nitrogens with zero attached hydrogens (tertiary/aromatic N) is 3. The van der Waals surface area contributed by atoms with Crippen LogP contribution in [0.1, 0.15) is 35.2 Å². The molecule has 1 aliphatic heterocycles. The van der Waals surface area contributed by atoms with E-state index in [1.165, 1.54) is 12.1 Å². The Morgan fingerprint density at radius 2 is 1.97 bits per heavy atom. The van der Waals surface area contributed by atoms with E-state index >= 15 is 0 Å². The Morgan fingerprint density at radius 3 is 2.62 bits per heavy atom. The largest absolute Gasteiger partial charge is 0.416 e. The average molecular weight is 404 g/mol. The number of halogens is 3. The fourth-order valence-electron chi connectivity index (χ4n) is 4.00. The summed E-state index contributed by atoms with van der Waals surface area (Å²) >= 11 is 0. The van der Waals surface area contributed by atoms with Gasteiger partial charge in [-0.3, -0.25) is 0 Å². The summed E-state index contributed by atoms with van der Waals surface area (Å²) in [6, 6.07) is 9.64. The number of rotatable bonds is 7. The van der Waals surface area contributed by atoms with Gasteiger partial charge in [-0.15, -0.1) is 0 Å². The molecule has 4 nitrogen and oxygen atoms in total. The molecule has 29 heavy (non-hydrogen) atoms. The highest BCUT2D eigenvalue weighted by atomic mass is 19.4. The quantitative estimate of drug-likeness (QED) is 0.749. The van der Waals surface area contributed by atoms with Gasteiger partial charge >= 0.3 is 6.18 Å². The number of benzene rings is 1. The van der Waals surface area contributed by atoms with Crippen molar-refractivity contribution >= 4 is 0 Å². The monoisotopic (exact) mass is 404 g/mol. The van der Waals surface area contributed by atoms with Crippen LogP contribution in [0, 0.1) is 17.2 Å². The molecule has 1 N–H and O–H groups in total. The van der Waals surface area contributed by atoms with E-state index < -0.39 is 11.7 Å². The molecule has 1 aromatic carbocycles. The van der Waals surface area contributed by atoms with Gasteiger partial charge in [0.1, 0.15) is 11.8 Å². The lowest BCUT2D eigenvalue weighted by atomic mass is 9.95. The molecule has 1 aromatic heterocycles. The van der Waals surface area contributed by atoms with Gasteiger partial charge in [-0.05, 0) is 68.6 Å². The predicted octanol–water partition coefficient (Wildman–Crippen LogP) is 4.29. The van der Waals surface area contributed by atoms with Gasteiger partial charge in [-0.25, -0.2) is 0 Å². The predicted molar refractivity (Wildman–Crippen MR) is 106 cm³/mol. The topological polar surface area (TPSA) is 46.1 Å². The standard InChI is InChI=1S/C22H27F3N4/c1-28(16-19-12-21(13-26)27-14-19)15-18-6-9-29(10-7-18)8-5-17-3-2-4-20(11-17)22(23,24)25/h2-4,11-12,14,18,27H,5-10,15-16H2,1H3. The van der Waals surface area contributed by atoms with Crippen LogP contribution in [0.5, 0.6) is 0 Å². The summed E-state index contributed by atoms with van der Waals surface area (Å²) in [5, 5.41) is 8.89. The fraction of sp³-hybridized carbons (Fsp3) is 0.500. The van der Waals surface area contributed by atoms with Crippen molar-refractivity contribution in [3.8, 4) is 6.07 Å². The summed E-state index contributed by atoms with van der Waals surface area (Å²) in [5.41, 5.74) is 1.87. The van der Waals surface area contributed by atoms with Gasteiger partial charge in [0.2, 0.25) is 0 Å². The minimum absolute atomic E-state index is 0.568. The van der Waals surface area contributed by atoms with E-state index in [-0.39, 0.29) is 0 Å². The molecule has 0 aliphatic carbocycles. The summed E-state index contributed by atoms with van der Waals surface area (Å²) in [6.45, 7) is 4.59. The zero-order valence-electron chi connectivity index (χ0n) is 16.7. The van der Waals surface area contributed by atoms with Crippen molar-refractivity contribution in [1.29, 1.82) is 5.26 Å². The van der Waals surface area contributed by atoms with Crippen LogP contribution in [0.2, 0.25) is 0 Å². The zero-order chi connectivity index (χ0) is 20.9. The molecule has 1 fully saturated rings. The number of aromatic amines is 1. The summed E-state index contributed by atoms with van der Waals surface area (Å²) in [7, 11) is 2.10. The van der Waals surface area contributed by atoms with Crippen LogP contribution in [0.4, 0.5) is 13.2 Å². The van der Waals surface area contributed by atoms with Gasteiger partial charge in [0, 0.05) is 25.8 Å². The Morgan fingerprint density at radius 1 is 1.21 bits per heavy atom. The number of nitriles is 1. The third-order valence-electron chi connectivity index (χ3n) is 5.56. The van der Waals surface area contributed by atoms with Crippen molar-refractivity contribution in [2.75, 3.05) is 33.2 Å². The Labute approximate surface area is 169 Å². The van der Waals surface area contributed by atoms with Crippen LogP contribution in [-0.4, -0.2) is 48.0 Å². The Kier molecular flexibility index (Phi) is 6.99. The molecule has 1 aliphatic rings. The van der Waals surface area contributed by atoms with Crippen molar-refractivity contribution in [2.24, 2.45) is 5.92 Å². The molecule has 0 unspecified atom stereocenters. The molecule has 0 saturated carbocycles. The summed E-state index contributed by atoms with van der Waals surface area (Å²) in [5.74, 6) is 0.624. The Hall–Kier alpha value is -2.30.